The first-order valence-corrected chi connectivity index (χ1v) is 8.59. The van der Waals surface area contributed by atoms with Crippen molar-refractivity contribution in [1.29, 1.82) is 0 Å². The van der Waals surface area contributed by atoms with Gasteiger partial charge in [-0.3, -0.25) is 4.79 Å². The minimum atomic E-state index is -5.06. The van der Waals surface area contributed by atoms with Gasteiger partial charge in [0.15, 0.2) is 11.7 Å². The van der Waals surface area contributed by atoms with Gasteiger partial charge in [-0.1, -0.05) is 24.3 Å². The molecule has 0 radical (unpaired) electrons. The Hall–Kier alpha value is -1.28. The third-order valence-electron chi connectivity index (χ3n) is 3.96. The van der Waals surface area contributed by atoms with E-state index >= 15 is 4.39 Å². The summed E-state index contributed by atoms with van der Waals surface area (Å²) in [7, 11) is -2.18. The average Bonchev–Trinajstić information content (AvgIpc) is 2.46. The van der Waals surface area contributed by atoms with Crippen molar-refractivity contribution in [3.05, 3.63) is 35.4 Å². The molecule has 3 atom stereocenters. The molecule has 1 aromatic rings. The third-order valence-corrected chi connectivity index (χ3v) is 5.53. The van der Waals surface area contributed by atoms with Gasteiger partial charge in [0.25, 0.3) is 0 Å². The molecule has 0 saturated carbocycles. The molecule has 0 fully saturated rings. The summed E-state index contributed by atoms with van der Waals surface area (Å²) < 4.78 is 68.5. The van der Waals surface area contributed by atoms with Crippen molar-refractivity contribution in [3.8, 4) is 0 Å². The Labute approximate surface area is 140 Å². The minimum Gasteiger partial charge on any atom is -0.290 e. The van der Waals surface area contributed by atoms with Crippen molar-refractivity contribution >= 4 is 16.8 Å². The van der Waals surface area contributed by atoms with E-state index in [0.717, 1.165) is 0 Å². The van der Waals surface area contributed by atoms with Crippen molar-refractivity contribution < 1.29 is 26.6 Å². The van der Waals surface area contributed by atoms with Crippen LogP contribution >= 0.6 is 0 Å². The fraction of sp³-hybridized carbons (Fsp3) is 0.562. The lowest BCUT2D eigenvalue weighted by Gasteiger charge is -2.38. The van der Waals surface area contributed by atoms with E-state index in [4.69, 9.17) is 0 Å². The molecule has 0 amide bonds. The normalized spacial score (nSPS) is 24.4. The van der Waals surface area contributed by atoms with Gasteiger partial charge in [-0.15, -0.1) is 0 Å². The monoisotopic (exact) mass is 365 g/mol. The summed E-state index contributed by atoms with van der Waals surface area (Å²) in [5, 5.41) is 0. The molecule has 1 aromatic carbocycles. The van der Waals surface area contributed by atoms with Gasteiger partial charge >= 0.3 is 6.18 Å². The number of alkyl halides is 4. The number of Topliss-reactive ketones (excluding diaryl/α,β-unsaturated/α-hetero) is 1. The van der Waals surface area contributed by atoms with Crippen LogP contribution in [0.15, 0.2) is 24.3 Å². The Morgan fingerprint density at radius 2 is 1.79 bits per heavy atom. The predicted octanol–water partition coefficient (Wildman–Crippen LogP) is 3.51. The average molecular weight is 365 g/mol. The molecule has 1 aliphatic rings. The first kappa shape index (κ1) is 19.1. The standard InChI is InChI=1S/C16H19F4NO2S/c1-14(2,3)24(23)21-13(16(18,19)20)15(17)9-8-10-6-4-5-7-11(10)12(15)22/h4-7,13,21H,8-9H2,1-3H3/t13-,15+,24?/m0/s1. The van der Waals surface area contributed by atoms with Gasteiger partial charge in [-0.25, -0.2) is 13.3 Å². The topological polar surface area (TPSA) is 46.2 Å². The highest BCUT2D eigenvalue weighted by molar-refractivity contribution is 7.84. The summed E-state index contributed by atoms with van der Waals surface area (Å²) in [6.45, 7) is 4.39. The fourth-order valence-corrected chi connectivity index (χ4v) is 3.48. The summed E-state index contributed by atoms with van der Waals surface area (Å²) in [5.74, 6) is -1.22. The maximum atomic E-state index is 15.3. The molecule has 0 heterocycles. The molecule has 0 aromatic heterocycles. The van der Waals surface area contributed by atoms with Gasteiger partial charge in [0.05, 0.1) is 15.7 Å². The first-order valence-electron chi connectivity index (χ1n) is 7.44. The lowest BCUT2D eigenvalue weighted by molar-refractivity contribution is -0.176. The Kier molecular flexibility index (Phi) is 4.94. The molecular formula is C16H19F4NO2S. The van der Waals surface area contributed by atoms with Crippen LogP contribution in [0.4, 0.5) is 17.6 Å². The second-order valence-corrected chi connectivity index (χ2v) is 8.82. The van der Waals surface area contributed by atoms with E-state index in [1.807, 2.05) is 4.72 Å². The number of hydrogen-bond acceptors (Lipinski definition) is 2. The number of benzene rings is 1. The van der Waals surface area contributed by atoms with Crippen LogP contribution in [-0.2, 0) is 17.4 Å². The third kappa shape index (κ3) is 3.54. The number of aryl methyl sites for hydroxylation is 1. The zero-order chi connectivity index (χ0) is 18.3. The quantitative estimate of drug-likeness (QED) is 0.834. The second kappa shape index (κ2) is 6.22. The summed E-state index contributed by atoms with van der Waals surface area (Å²) in [4.78, 5) is 12.4. The van der Waals surface area contributed by atoms with Crippen LogP contribution in [0.1, 0.15) is 43.1 Å². The molecule has 0 bridgehead atoms. The SMILES string of the molecule is CC(C)(C)S(=O)N[C@H](C(F)(F)F)[C@@]1(F)CCc2ccccc2C1=O. The van der Waals surface area contributed by atoms with Crippen molar-refractivity contribution in [2.24, 2.45) is 0 Å². The molecule has 0 aliphatic heterocycles. The van der Waals surface area contributed by atoms with Gasteiger partial charge in [0, 0.05) is 5.56 Å². The summed E-state index contributed by atoms with van der Waals surface area (Å²) in [6, 6.07) is 3.21. The van der Waals surface area contributed by atoms with E-state index in [9.17, 15) is 22.2 Å². The molecule has 1 N–H and O–H groups in total. The Morgan fingerprint density at radius 1 is 1.21 bits per heavy atom. The molecule has 1 unspecified atom stereocenters. The van der Waals surface area contributed by atoms with Crippen molar-refractivity contribution in [2.75, 3.05) is 0 Å². The van der Waals surface area contributed by atoms with Crippen LogP contribution in [0.3, 0.4) is 0 Å². The van der Waals surface area contributed by atoms with Crippen molar-refractivity contribution in [3.63, 3.8) is 0 Å². The van der Waals surface area contributed by atoms with E-state index in [1.165, 1.54) is 32.9 Å². The van der Waals surface area contributed by atoms with Crippen molar-refractivity contribution in [1.82, 2.24) is 4.72 Å². The highest BCUT2D eigenvalue weighted by atomic mass is 32.2. The highest BCUT2D eigenvalue weighted by Crippen LogP contribution is 2.40. The van der Waals surface area contributed by atoms with Crippen LogP contribution in [0.5, 0.6) is 0 Å². The largest absolute Gasteiger partial charge is 0.408 e. The molecule has 3 nitrogen and oxygen atoms in total. The number of hydrogen-bond donors (Lipinski definition) is 1. The summed E-state index contributed by atoms with van der Waals surface area (Å²) >= 11 is 0. The Balaban J connectivity index is 2.43. The van der Waals surface area contributed by atoms with E-state index in [0.29, 0.717) is 5.56 Å². The number of carbonyl (C=O) groups excluding carboxylic acids is 1. The lowest BCUT2D eigenvalue weighted by Crippen LogP contribution is -2.63. The summed E-state index contributed by atoms with van der Waals surface area (Å²) in [5.41, 5.74) is -2.72. The number of carbonyl (C=O) groups is 1. The van der Waals surface area contributed by atoms with Crippen LogP contribution in [0.25, 0.3) is 0 Å². The number of rotatable bonds is 3. The molecular weight excluding hydrogens is 346 g/mol. The van der Waals surface area contributed by atoms with Crippen LogP contribution < -0.4 is 4.72 Å². The number of ketones is 1. The molecule has 24 heavy (non-hydrogen) atoms. The molecule has 2 rings (SSSR count). The highest BCUT2D eigenvalue weighted by Gasteiger charge is 2.60. The maximum Gasteiger partial charge on any atom is 0.408 e. The Morgan fingerprint density at radius 3 is 2.33 bits per heavy atom. The maximum absolute atomic E-state index is 15.3. The Bertz CT molecular complexity index is 669. The van der Waals surface area contributed by atoms with E-state index in [2.05, 4.69) is 0 Å². The number of halogens is 4. The smallest absolute Gasteiger partial charge is 0.290 e. The van der Waals surface area contributed by atoms with Crippen LogP contribution in [0, 0.1) is 0 Å². The van der Waals surface area contributed by atoms with Gasteiger partial charge in [-0.05, 0) is 39.2 Å². The zero-order valence-corrected chi connectivity index (χ0v) is 14.4. The van der Waals surface area contributed by atoms with Crippen LogP contribution in [0.2, 0.25) is 0 Å². The van der Waals surface area contributed by atoms with Crippen LogP contribution in [-0.4, -0.2) is 32.6 Å². The number of nitrogens with one attached hydrogen (secondary N) is 1. The second-order valence-electron chi connectivity index (χ2n) is 6.82. The number of fused-ring (bicyclic) bond motifs is 1. The van der Waals surface area contributed by atoms with Crippen molar-refractivity contribution in [2.45, 2.75) is 56.2 Å². The lowest BCUT2D eigenvalue weighted by atomic mass is 9.76. The first-order chi connectivity index (χ1) is 10.9. The van der Waals surface area contributed by atoms with Gasteiger partial charge in [0.1, 0.15) is 0 Å². The predicted molar refractivity (Wildman–Crippen MR) is 83.8 cm³/mol. The fourth-order valence-electron chi connectivity index (χ4n) is 2.59. The van der Waals surface area contributed by atoms with E-state index in [1.54, 1.807) is 12.1 Å². The molecule has 1 aliphatic carbocycles. The zero-order valence-electron chi connectivity index (χ0n) is 13.5. The van der Waals surface area contributed by atoms with Gasteiger partial charge in [0.2, 0.25) is 5.78 Å². The van der Waals surface area contributed by atoms with E-state index < -0.39 is 45.8 Å². The molecule has 0 saturated heterocycles. The van der Waals surface area contributed by atoms with E-state index in [-0.39, 0.29) is 12.0 Å². The molecule has 8 heteroatoms. The van der Waals surface area contributed by atoms with Gasteiger partial charge < -0.3 is 0 Å². The minimum absolute atomic E-state index is 0.00876. The van der Waals surface area contributed by atoms with Gasteiger partial charge in [-0.2, -0.15) is 13.2 Å². The summed E-state index contributed by atoms with van der Waals surface area (Å²) in [6.07, 6.45) is -5.66. The molecule has 0 spiro atoms. The molecule has 134 valence electrons.